The molecule has 0 fully saturated rings. The van der Waals surface area contributed by atoms with Crippen LogP contribution >= 0.6 is 0 Å². The zero-order valence-electron chi connectivity index (χ0n) is 18.1. The maximum Gasteiger partial charge on any atom is 0.153 e. The van der Waals surface area contributed by atoms with Gasteiger partial charge in [0.25, 0.3) is 0 Å². The largest absolute Gasteiger partial charge is 0.490 e. The first-order valence-corrected chi connectivity index (χ1v) is 10.5. The molecule has 2 aromatic rings. The number of hydrogen-bond donors (Lipinski definition) is 0. The van der Waals surface area contributed by atoms with E-state index in [0.717, 1.165) is 12.6 Å². The van der Waals surface area contributed by atoms with Gasteiger partial charge in [-0.3, -0.25) is 9.59 Å². The van der Waals surface area contributed by atoms with E-state index in [4.69, 9.17) is 28.4 Å². The predicted octanol–water partition coefficient (Wildman–Crippen LogP) is 2.84. The fourth-order valence-corrected chi connectivity index (χ4v) is 2.60. The second-order valence-corrected chi connectivity index (χ2v) is 6.46. The molecule has 0 atom stereocenters. The topological polar surface area (TPSA) is 89.5 Å². The van der Waals surface area contributed by atoms with Crippen molar-refractivity contribution in [1.82, 2.24) is 0 Å². The third-order valence-corrected chi connectivity index (χ3v) is 4.18. The first-order valence-electron chi connectivity index (χ1n) is 10.5. The van der Waals surface area contributed by atoms with Crippen LogP contribution in [-0.4, -0.2) is 78.6 Å². The second kappa shape index (κ2) is 16.9. The fourth-order valence-electron chi connectivity index (χ4n) is 2.60. The van der Waals surface area contributed by atoms with E-state index in [0.29, 0.717) is 88.7 Å². The number of carbonyl (C=O) groups excluding carboxylic acids is 2. The van der Waals surface area contributed by atoms with Crippen LogP contribution in [0.15, 0.2) is 48.5 Å². The Hall–Kier alpha value is -2.78. The standard InChI is InChI=1S/C24H30O8/c25-19-21-5-1-3-7-23(21)31-17-15-29-13-11-27-9-10-28-12-14-30-16-18-32-24-8-4-2-6-22(24)20-26/h1-8,19-20H,9-18H2. The van der Waals surface area contributed by atoms with E-state index in [9.17, 15) is 9.59 Å². The molecule has 32 heavy (non-hydrogen) atoms. The van der Waals surface area contributed by atoms with Gasteiger partial charge in [-0.25, -0.2) is 0 Å². The molecule has 174 valence electrons. The smallest absolute Gasteiger partial charge is 0.153 e. The molecule has 2 rings (SSSR count). The quantitative estimate of drug-likeness (QED) is 0.240. The van der Waals surface area contributed by atoms with Gasteiger partial charge in [-0.1, -0.05) is 24.3 Å². The summed E-state index contributed by atoms with van der Waals surface area (Å²) in [5, 5.41) is 0. The highest BCUT2D eigenvalue weighted by Gasteiger charge is 2.02. The van der Waals surface area contributed by atoms with Gasteiger partial charge in [0.2, 0.25) is 0 Å². The lowest BCUT2D eigenvalue weighted by Crippen LogP contribution is -2.15. The molecule has 0 radical (unpaired) electrons. The molecule has 0 saturated heterocycles. The van der Waals surface area contributed by atoms with E-state index in [1.807, 2.05) is 12.1 Å². The van der Waals surface area contributed by atoms with Crippen LogP contribution in [0.1, 0.15) is 20.7 Å². The van der Waals surface area contributed by atoms with Crippen molar-refractivity contribution in [3.05, 3.63) is 59.7 Å². The van der Waals surface area contributed by atoms with E-state index >= 15 is 0 Å². The Morgan fingerprint density at radius 3 is 1.12 bits per heavy atom. The summed E-state index contributed by atoms with van der Waals surface area (Å²) in [4.78, 5) is 21.8. The summed E-state index contributed by atoms with van der Waals surface area (Å²) in [5.41, 5.74) is 1.05. The van der Waals surface area contributed by atoms with Gasteiger partial charge in [-0.15, -0.1) is 0 Å². The van der Waals surface area contributed by atoms with Crippen LogP contribution in [0.3, 0.4) is 0 Å². The molecular weight excluding hydrogens is 416 g/mol. The number of hydrogen-bond acceptors (Lipinski definition) is 8. The van der Waals surface area contributed by atoms with Crippen LogP contribution in [0.2, 0.25) is 0 Å². The van der Waals surface area contributed by atoms with Crippen molar-refractivity contribution in [2.45, 2.75) is 0 Å². The molecule has 0 spiro atoms. The van der Waals surface area contributed by atoms with Crippen molar-refractivity contribution in [2.24, 2.45) is 0 Å². The molecule has 0 aromatic heterocycles. The first kappa shape index (κ1) is 25.5. The van der Waals surface area contributed by atoms with Gasteiger partial charge in [0.15, 0.2) is 12.6 Å². The van der Waals surface area contributed by atoms with Crippen LogP contribution < -0.4 is 9.47 Å². The molecule has 8 heteroatoms. The highest BCUT2D eigenvalue weighted by Crippen LogP contribution is 2.16. The monoisotopic (exact) mass is 446 g/mol. The summed E-state index contributed by atoms with van der Waals surface area (Å²) < 4.78 is 32.7. The highest BCUT2D eigenvalue weighted by atomic mass is 16.6. The van der Waals surface area contributed by atoms with Gasteiger partial charge in [-0.05, 0) is 24.3 Å². The molecule has 0 heterocycles. The maximum absolute atomic E-state index is 10.9. The van der Waals surface area contributed by atoms with Gasteiger partial charge < -0.3 is 28.4 Å². The van der Waals surface area contributed by atoms with Gasteiger partial charge in [0.05, 0.1) is 64.0 Å². The van der Waals surface area contributed by atoms with Gasteiger partial charge in [0, 0.05) is 0 Å². The molecular formula is C24H30O8. The molecule has 0 saturated carbocycles. The number of benzene rings is 2. The van der Waals surface area contributed by atoms with Crippen LogP contribution in [0.4, 0.5) is 0 Å². The van der Waals surface area contributed by atoms with Crippen LogP contribution in [0.25, 0.3) is 0 Å². The van der Waals surface area contributed by atoms with Crippen molar-refractivity contribution >= 4 is 12.6 Å². The minimum absolute atomic E-state index is 0.364. The second-order valence-electron chi connectivity index (χ2n) is 6.46. The number of ether oxygens (including phenoxy) is 6. The van der Waals surface area contributed by atoms with Crippen LogP contribution in [0.5, 0.6) is 11.5 Å². The Labute approximate surface area is 188 Å². The fraction of sp³-hybridized carbons (Fsp3) is 0.417. The van der Waals surface area contributed by atoms with Crippen molar-refractivity contribution in [3.63, 3.8) is 0 Å². The summed E-state index contributed by atoms with van der Waals surface area (Å²) >= 11 is 0. The van der Waals surface area contributed by atoms with E-state index in [1.165, 1.54) is 0 Å². The number of carbonyl (C=O) groups is 2. The molecule has 0 aliphatic rings. The number of para-hydroxylation sites is 2. The average molecular weight is 446 g/mol. The Kier molecular flexibility index (Phi) is 13.4. The van der Waals surface area contributed by atoms with Crippen molar-refractivity contribution < 1.29 is 38.0 Å². The minimum atomic E-state index is 0.364. The maximum atomic E-state index is 10.9. The van der Waals surface area contributed by atoms with Crippen LogP contribution in [-0.2, 0) is 18.9 Å². The Balaban J connectivity index is 1.32. The summed E-state index contributed by atoms with van der Waals surface area (Å²) in [7, 11) is 0. The zero-order valence-corrected chi connectivity index (χ0v) is 18.1. The lowest BCUT2D eigenvalue weighted by atomic mass is 10.2. The Morgan fingerprint density at radius 1 is 0.469 bits per heavy atom. The molecule has 0 N–H and O–H groups in total. The van der Waals surface area contributed by atoms with Gasteiger partial charge in [0.1, 0.15) is 24.7 Å². The van der Waals surface area contributed by atoms with Gasteiger partial charge in [-0.2, -0.15) is 0 Å². The van der Waals surface area contributed by atoms with E-state index in [-0.39, 0.29) is 0 Å². The SMILES string of the molecule is O=Cc1ccccc1OCCOCCOCCOCCOCCOc1ccccc1C=O. The van der Waals surface area contributed by atoms with Crippen LogP contribution in [0, 0.1) is 0 Å². The number of aldehydes is 2. The van der Waals surface area contributed by atoms with Crippen molar-refractivity contribution in [2.75, 3.05) is 66.1 Å². The van der Waals surface area contributed by atoms with E-state index in [2.05, 4.69) is 0 Å². The third kappa shape index (κ3) is 10.5. The number of rotatable bonds is 19. The molecule has 8 nitrogen and oxygen atoms in total. The normalized spacial score (nSPS) is 10.6. The summed E-state index contributed by atoms with van der Waals surface area (Å²) in [6.45, 7) is 4.32. The molecule has 2 aromatic carbocycles. The first-order chi connectivity index (χ1) is 15.8. The summed E-state index contributed by atoms with van der Waals surface area (Å²) in [6.07, 6.45) is 1.54. The average Bonchev–Trinajstić information content (AvgIpc) is 2.84. The Bertz CT molecular complexity index is 715. The zero-order chi connectivity index (χ0) is 22.7. The third-order valence-electron chi connectivity index (χ3n) is 4.18. The predicted molar refractivity (Wildman–Crippen MR) is 118 cm³/mol. The summed E-state index contributed by atoms with van der Waals surface area (Å²) in [6, 6.07) is 14.1. The molecule has 0 bridgehead atoms. The highest BCUT2D eigenvalue weighted by molar-refractivity contribution is 5.79. The van der Waals surface area contributed by atoms with E-state index < -0.39 is 0 Å². The lowest BCUT2D eigenvalue weighted by molar-refractivity contribution is -0.00701. The Morgan fingerprint density at radius 2 is 0.781 bits per heavy atom. The molecule has 0 unspecified atom stereocenters. The molecule has 0 amide bonds. The van der Waals surface area contributed by atoms with Crippen molar-refractivity contribution in [3.8, 4) is 11.5 Å². The summed E-state index contributed by atoms with van der Waals surface area (Å²) in [5.74, 6) is 1.11. The minimum Gasteiger partial charge on any atom is -0.490 e. The van der Waals surface area contributed by atoms with Gasteiger partial charge >= 0.3 is 0 Å². The molecule has 0 aliphatic heterocycles. The molecule has 0 aliphatic carbocycles. The lowest BCUT2D eigenvalue weighted by Gasteiger charge is -2.10. The van der Waals surface area contributed by atoms with Crippen molar-refractivity contribution in [1.29, 1.82) is 0 Å². The van der Waals surface area contributed by atoms with E-state index in [1.54, 1.807) is 36.4 Å².